The molecule has 0 spiro atoms. The summed E-state index contributed by atoms with van der Waals surface area (Å²) < 4.78 is 0. The molecule has 0 saturated carbocycles. The minimum atomic E-state index is 0.370. The summed E-state index contributed by atoms with van der Waals surface area (Å²) in [6, 6.07) is 0. The maximum atomic E-state index is 5.88. The van der Waals surface area contributed by atoms with Gasteiger partial charge < -0.3 is 5.32 Å². The topological polar surface area (TPSA) is 37.8 Å². The van der Waals surface area contributed by atoms with E-state index in [1.165, 1.54) is 18.4 Å². The van der Waals surface area contributed by atoms with Crippen molar-refractivity contribution in [2.45, 2.75) is 39.0 Å². The lowest BCUT2D eigenvalue weighted by Gasteiger charge is -2.09. The summed E-state index contributed by atoms with van der Waals surface area (Å²) in [6.07, 6.45) is 5.65. The van der Waals surface area contributed by atoms with Crippen LogP contribution in [0.4, 0.5) is 5.82 Å². The minimum absolute atomic E-state index is 0.370. The van der Waals surface area contributed by atoms with E-state index in [1.807, 2.05) is 0 Å². The molecule has 1 aromatic heterocycles. The zero-order chi connectivity index (χ0) is 10.7. The first-order valence-corrected chi connectivity index (χ1v) is 5.98. The van der Waals surface area contributed by atoms with Crippen molar-refractivity contribution in [3.63, 3.8) is 0 Å². The first-order valence-electron chi connectivity index (χ1n) is 5.60. The van der Waals surface area contributed by atoms with Crippen molar-refractivity contribution >= 4 is 17.4 Å². The molecule has 1 N–H and O–H groups in total. The van der Waals surface area contributed by atoms with Gasteiger partial charge in [-0.1, -0.05) is 13.3 Å². The second-order valence-corrected chi connectivity index (χ2v) is 4.24. The van der Waals surface area contributed by atoms with Crippen LogP contribution < -0.4 is 5.32 Å². The lowest BCUT2D eigenvalue weighted by Crippen LogP contribution is -2.07. The standard InChI is InChI=1S/C11H16ClN3/c1-2-3-7-13-10-8-5-4-6-9(8)14-11(12)15-10/h2-7H2,1H3,(H,13,14,15). The quantitative estimate of drug-likeness (QED) is 0.633. The molecule has 0 unspecified atom stereocenters. The molecule has 1 aliphatic carbocycles. The van der Waals surface area contributed by atoms with Gasteiger partial charge in [-0.25, -0.2) is 9.97 Å². The van der Waals surface area contributed by atoms with Crippen LogP contribution in [0.15, 0.2) is 0 Å². The van der Waals surface area contributed by atoms with Gasteiger partial charge in [0.1, 0.15) is 5.82 Å². The van der Waals surface area contributed by atoms with Gasteiger partial charge in [-0.2, -0.15) is 0 Å². The Kier molecular flexibility index (Phi) is 3.41. The third kappa shape index (κ3) is 2.40. The SMILES string of the molecule is CCCCNc1nc(Cl)nc2c1CCC2. The molecule has 0 amide bonds. The van der Waals surface area contributed by atoms with Crippen LogP contribution in [0.25, 0.3) is 0 Å². The molecular formula is C11H16ClN3. The van der Waals surface area contributed by atoms with Gasteiger partial charge >= 0.3 is 0 Å². The van der Waals surface area contributed by atoms with Gasteiger partial charge in [0, 0.05) is 12.1 Å². The van der Waals surface area contributed by atoms with E-state index in [4.69, 9.17) is 11.6 Å². The third-order valence-electron chi connectivity index (χ3n) is 2.73. The van der Waals surface area contributed by atoms with E-state index in [-0.39, 0.29) is 0 Å². The van der Waals surface area contributed by atoms with Gasteiger partial charge in [-0.3, -0.25) is 0 Å². The number of aromatic nitrogens is 2. The largest absolute Gasteiger partial charge is 0.370 e. The fourth-order valence-corrected chi connectivity index (χ4v) is 2.12. The second kappa shape index (κ2) is 4.79. The normalized spacial score (nSPS) is 14.0. The van der Waals surface area contributed by atoms with Crippen LogP contribution in [-0.4, -0.2) is 16.5 Å². The van der Waals surface area contributed by atoms with E-state index in [9.17, 15) is 0 Å². The maximum absolute atomic E-state index is 5.88. The molecule has 82 valence electrons. The molecule has 15 heavy (non-hydrogen) atoms. The molecule has 1 aromatic rings. The van der Waals surface area contributed by atoms with Crippen LogP contribution >= 0.6 is 11.6 Å². The smallest absolute Gasteiger partial charge is 0.224 e. The molecule has 0 aromatic carbocycles. The number of nitrogens with zero attached hydrogens (tertiary/aromatic N) is 2. The van der Waals surface area contributed by atoms with E-state index in [0.29, 0.717) is 5.28 Å². The number of nitrogens with one attached hydrogen (secondary N) is 1. The predicted molar refractivity (Wildman–Crippen MR) is 62.5 cm³/mol. The van der Waals surface area contributed by atoms with Crippen molar-refractivity contribution in [1.29, 1.82) is 0 Å². The van der Waals surface area contributed by atoms with Crippen molar-refractivity contribution in [2.24, 2.45) is 0 Å². The lowest BCUT2D eigenvalue weighted by atomic mass is 10.2. The summed E-state index contributed by atoms with van der Waals surface area (Å²) in [4.78, 5) is 8.52. The first kappa shape index (κ1) is 10.7. The number of halogens is 1. The number of hydrogen-bond acceptors (Lipinski definition) is 3. The summed E-state index contributed by atoms with van der Waals surface area (Å²) >= 11 is 5.88. The number of fused-ring (bicyclic) bond motifs is 1. The van der Waals surface area contributed by atoms with Crippen molar-refractivity contribution in [3.8, 4) is 0 Å². The fourth-order valence-electron chi connectivity index (χ4n) is 1.93. The lowest BCUT2D eigenvalue weighted by molar-refractivity contribution is 0.828. The zero-order valence-electron chi connectivity index (χ0n) is 9.02. The van der Waals surface area contributed by atoms with E-state index < -0.39 is 0 Å². The average molecular weight is 226 g/mol. The van der Waals surface area contributed by atoms with E-state index in [0.717, 1.165) is 37.3 Å². The molecule has 0 fully saturated rings. The van der Waals surface area contributed by atoms with Gasteiger partial charge in [-0.05, 0) is 37.3 Å². The van der Waals surface area contributed by atoms with Crippen LogP contribution in [0, 0.1) is 0 Å². The monoisotopic (exact) mass is 225 g/mol. The Hall–Kier alpha value is -0.830. The number of hydrogen-bond donors (Lipinski definition) is 1. The second-order valence-electron chi connectivity index (χ2n) is 3.90. The average Bonchev–Trinajstić information content (AvgIpc) is 2.65. The Labute approximate surface area is 95.3 Å². The molecule has 4 heteroatoms. The Bertz CT molecular complexity index is 352. The van der Waals surface area contributed by atoms with Crippen LogP contribution in [0.2, 0.25) is 5.28 Å². The predicted octanol–water partition coefficient (Wildman–Crippen LogP) is 2.83. The Morgan fingerprint density at radius 2 is 2.20 bits per heavy atom. The number of anilines is 1. The van der Waals surface area contributed by atoms with E-state index in [2.05, 4.69) is 22.2 Å². The molecule has 0 radical (unpaired) electrons. The molecule has 0 saturated heterocycles. The van der Waals surface area contributed by atoms with Gasteiger partial charge in [0.05, 0.1) is 5.69 Å². The van der Waals surface area contributed by atoms with Crippen molar-refractivity contribution in [2.75, 3.05) is 11.9 Å². The zero-order valence-corrected chi connectivity index (χ0v) is 9.77. The third-order valence-corrected chi connectivity index (χ3v) is 2.90. The molecule has 2 rings (SSSR count). The molecule has 3 nitrogen and oxygen atoms in total. The minimum Gasteiger partial charge on any atom is -0.370 e. The highest BCUT2D eigenvalue weighted by atomic mass is 35.5. The fraction of sp³-hybridized carbons (Fsp3) is 0.636. The summed E-state index contributed by atoms with van der Waals surface area (Å²) in [5.41, 5.74) is 2.41. The van der Waals surface area contributed by atoms with Gasteiger partial charge in [-0.15, -0.1) is 0 Å². The van der Waals surface area contributed by atoms with Gasteiger partial charge in [0.15, 0.2) is 0 Å². The number of aryl methyl sites for hydroxylation is 1. The maximum Gasteiger partial charge on any atom is 0.224 e. The molecule has 1 aliphatic rings. The summed E-state index contributed by atoms with van der Waals surface area (Å²) in [5, 5.41) is 3.72. The molecular weight excluding hydrogens is 210 g/mol. The van der Waals surface area contributed by atoms with Crippen molar-refractivity contribution < 1.29 is 0 Å². The van der Waals surface area contributed by atoms with Crippen molar-refractivity contribution in [3.05, 3.63) is 16.5 Å². The Morgan fingerprint density at radius 3 is 3.00 bits per heavy atom. The highest BCUT2D eigenvalue weighted by Gasteiger charge is 2.18. The highest BCUT2D eigenvalue weighted by molar-refractivity contribution is 6.28. The Balaban J connectivity index is 2.15. The highest BCUT2D eigenvalue weighted by Crippen LogP contribution is 2.27. The summed E-state index contributed by atoms with van der Waals surface area (Å²) in [7, 11) is 0. The first-order chi connectivity index (χ1) is 7.31. The molecule has 0 aliphatic heterocycles. The number of unbranched alkanes of at least 4 members (excludes halogenated alkanes) is 1. The van der Waals surface area contributed by atoms with Crippen LogP contribution in [0.3, 0.4) is 0 Å². The molecule has 0 bridgehead atoms. The van der Waals surface area contributed by atoms with Crippen molar-refractivity contribution in [1.82, 2.24) is 9.97 Å². The van der Waals surface area contributed by atoms with Gasteiger partial charge in [0.25, 0.3) is 0 Å². The van der Waals surface area contributed by atoms with Crippen LogP contribution in [0.1, 0.15) is 37.4 Å². The van der Waals surface area contributed by atoms with Crippen LogP contribution in [-0.2, 0) is 12.8 Å². The summed E-state index contributed by atoms with van der Waals surface area (Å²) in [5.74, 6) is 0.955. The van der Waals surface area contributed by atoms with E-state index >= 15 is 0 Å². The summed E-state index contributed by atoms with van der Waals surface area (Å²) in [6.45, 7) is 3.15. The number of rotatable bonds is 4. The molecule has 1 heterocycles. The van der Waals surface area contributed by atoms with Crippen LogP contribution in [0.5, 0.6) is 0 Å². The van der Waals surface area contributed by atoms with E-state index in [1.54, 1.807) is 0 Å². The molecule has 0 atom stereocenters. The van der Waals surface area contributed by atoms with Gasteiger partial charge in [0.2, 0.25) is 5.28 Å². The Morgan fingerprint density at radius 1 is 1.33 bits per heavy atom.